The second-order valence-corrected chi connectivity index (χ2v) is 5.65. The third kappa shape index (κ3) is 4.24. The van der Waals surface area contributed by atoms with Crippen molar-refractivity contribution in [2.75, 3.05) is 11.9 Å². The summed E-state index contributed by atoms with van der Waals surface area (Å²) in [6.07, 6.45) is 2.79. The number of hydrogen-bond donors (Lipinski definition) is 2. The molecule has 0 spiro atoms. The topological polar surface area (TPSA) is 80.3 Å². The van der Waals surface area contributed by atoms with Crippen LogP contribution < -0.4 is 10.6 Å². The maximum Gasteiger partial charge on any atom is 0.242 e. The Morgan fingerprint density at radius 1 is 1.25 bits per heavy atom. The molecule has 1 fully saturated rings. The Balaban J connectivity index is 1.49. The first kappa shape index (κ1) is 16.3. The van der Waals surface area contributed by atoms with E-state index in [2.05, 4.69) is 15.6 Å². The van der Waals surface area contributed by atoms with E-state index < -0.39 is 12.1 Å². The van der Waals surface area contributed by atoms with Crippen molar-refractivity contribution in [3.05, 3.63) is 60.4 Å². The number of ketones is 1. The lowest BCUT2D eigenvalue weighted by Gasteiger charge is -2.28. The van der Waals surface area contributed by atoms with E-state index in [1.165, 1.54) is 0 Å². The second kappa shape index (κ2) is 7.81. The van der Waals surface area contributed by atoms with E-state index in [-0.39, 0.29) is 18.1 Å². The van der Waals surface area contributed by atoms with Crippen LogP contribution >= 0.6 is 0 Å². The summed E-state index contributed by atoms with van der Waals surface area (Å²) in [6.45, 7) is 0.711. The summed E-state index contributed by atoms with van der Waals surface area (Å²) in [6, 6.07) is 12.6. The zero-order valence-electron chi connectivity index (χ0n) is 13.1. The van der Waals surface area contributed by atoms with Crippen molar-refractivity contribution in [2.24, 2.45) is 0 Å². The van der Waals surface area contributed by atoms with Gasteiger partial charge in [-0.1, -0.05) is 30.3 Å². The van der Waals surface area contributed by atoms with E-state index >= 15 is 0 Å². The molecule has 1 aliphatic rings. The zero-order valence-corrected chi connectivity index (χ0v) is 13.1. The fraction of sp³-hybridized carbons (Fsp3) is 0.278. The summed E-state index contributed by atoms with van der Waals surface area (Å²) in [4.78, 5) is 28.4. The van der Waals surface area contributed by atoms with Crippen molar-refractivity contribution in [1.82, 2.24) is 10.3 Å². The van der Waals surface area contributed by atoms with Crippen molar-refractivity contribution in [3.8, 4) is 0 Å². The van der Waals surface area contributed by atoms with Gasteiger partial charge in [-0.3, -0.25) is 14.6 Å². The molecule has 2 heterocycles. The van der Waals surface area contributed by atoms with Gasteiger partial charge in [0, 0.05) is 19.2 Å². The Labute approximate surface area is 140 Å². The number of pyridine rings is 1. The minimum Gasteiger partial charge on any atom is -0.364 e. The SMILES string of the molecule is O=C(Nc1cccnc1)C1CC(=O)C(OCc2ccccc2)CN1. The number of aromatic nitrogens is 1. The molecule has 2 aromatic rings. The van der Waals surface area contributed by atoms with Crippen LogP contribution in [0.3, 0.4) is 0 Å². The average molecular weight is 325 g/mol. The standard InChI is InChI=1S/C18H19N3O3/c22-16-9-15(18(23)21-14-7-4-8-19-10-14)20-11-17(16)24-12-13-5-2-1-3-6-13/h1-8,10,15,17,20H,9,11-12H2,(H,21,23). The average Bonchev–Trinajstić information content (AvgIpc) is 2.62. The molecule has 2 unspecified atom stereocenters. The molecule has 1 saturated heterocycles. The van der Waals surface area contributed by atoms with E-state index in [9.17, 15) is 9.59 Å². The van der Waals surface area contributed by atoms with Crippen LogP contribution in [0.1, 0.15) is 12.0 Å². The fourth-order valence-electron chi connectivity index (χ4n) is 2.54. The summed E-state index contributed by atoms with van der Waals surface area (Å²) in [5.41, 5.74) is 1.63. The van der Waals surface area contributed by atoms with Gasteiger partial charge in [0.15, 0.2) is 5.78 Å². The lowest BCUT2D eigenvalue weighted by Crippen LogP contribution is -2.53. The van der Waals surface area contributed by atoms with Gasteiger partial charge in [0.1, 0.15) is 6.10 Å². The second-order valence-electron chi connectivity index (χ2n) is 5.65. The van der Waals surface area contributed by atoms with Gasteiger partial charge in [-0.25, -0.2) is 0 Å². The predicted molar refractivity (Wildman–Crippen MR) is 89.3 cm³/mol. The number of amides is 1. The number of rotatable bonds is 5. The van der Waals surface area contributed by atoms with E-state index in [0.717, 1.165) is 5.56 Å². The molecule has 1 aromatic carbocycles. The van der Waals surface area contributed by atoms with Crippen LogP contribution in [-0.2, 0) is 20.9 Å². The molecule has 1 aliphatic heterocycles. The number of piperidine rings is 1. The van der Waals surface area contributed by atoms with Crippen molar-refractivity contribution in [3.63, 3.8) is 0 Å². The Kier molecular flexibility index (Phi) is 5.30. The molecular formula is C18H19N3O3. The number of carbonyl (C=O) groups excluding carboxylic acids is 2. The molecule has 6 heteroatoms. The largest absolute Gasteiger partial charge is 0.364 e. The maximum atomic E-state index is 12.2. The molecule has 24 heavy (non-hydrogen) atoms. The molecular weight excluding hydrogens is 306 g/mol. The number of benzene rings is 1. The monoisotopic (exact) mass is 325 g/mol. The minimum atomic E-state index is -0.547. The summed E-state index contributed by atoms with van der Waals surface area (Å²) in [5.74, 6) is -0.297. The smallest absolute Gasteiger partial charge is 0.242 e. The van der Waals surface area contributed by atoms with Crippen LogP contribution in [0.4, 0.5) is 5.69 Å². The maximum absolute atomic E-state index is 12.2. The Morgan fingerprint density at radius 2 is 2.08 bits per heavy atom. The van der Waals surface area contributed by atoms with Gasteiger partial charge in [0.05, 0.1) is 24.5 Å². The third-order valence-corrected chi connectivity index (χ3v) is 3.85. The van der Waals surface area contributed by atoms with Crippen LogP contribution in [0.5, 0.6) is 0 Å². The summed E-state index contributed by atoms with van der Waals surface area (Å²) >= 11 is 0. The first-order valence-electron chi connectivity index (χ1n) is 7.85. The van der Waals surface area contributed by atoms with Crippen molar-refractivity contribution in [1.29, 1.82) is 0 Å². The van der Waals surface area contributed by atoms with Crippen molar-refractivity contribution < 1.29 is 14.3 Å². The molecule has 3 rings (SSSR count). The van der Waals surface area contributed by atoms with Gasteiger partial charge in [-0.2, -0.15) is 0 Å². The van der Waals surface area contributed by atoms with Crippen molar-refractivity contribution in [2.45, 2.75) is 25.2 Å². The fourth-order valence-corrected chi connectivity index (χ4v) is 2.54. The van der Waals surface area contributed by atoms with Gasteiger partial charge >= 0.3 is 0 Å². The van der Waals surface area contributed by atoms with E-state index in [0.29, 0.717) is 18.8 Å². The minimum absolute atomic E-state index is 0.0592. The number of carbonyl (C=O) groups is 2. The molecule has 1 amide bonds. The molecule has 6 nitrogen and oxygen atoms in total. The zero-order chi connectivity index (χ0) is 16.8. The van der Waals surface area contributed by atoms with Crippen LogP contribution in [0.2, 0.25) is 0 Å². The third-order valence-electron chi connectivity index (χ3n) is 3.85. The van der Waals surface area contributed by atoms with Gasteiger partial charge in [0.25, 0.3) is 0 Å². The van der Waals surface area contributed by atoms with Crippen LogP contribution in [0, 0.1) is 0 Å². The summed E-state index contributed by atoms with van der Waals surface area (Å²) in [5, 5.41) is 5.83. The van der Waals surface area contributed by atoms with E-state index in [4.69, 9.17) is 4.74 Å². The number of ether oxygens (including phenoxy) is 1. The number of nitrogens with one attached hydrogen (secondary N) is 2. The molecule has 2 N–H and O–H groups in total. The lowest BCUT2D eigenvalue weighted by atomic mass is 10.0. The molecule has 0 radical (unpaired) electrons. The molecule has 2 atom stereocenters. The highest BCUT2D eigenvalue weighted by atomic mass is 16.5. The van der Waals surface area contributed by atoms with Gasteiger partial charge < -0.3 is 15.4 Å². The van der Waals surface area contributed by atoms with Gasteiger partial charge in [-0.05, 0) is 17.7 Å². The highest BCUT2D eigenvalue weighted by molar-refractivity contribution is 5.99. The number of anilines is 1. The molecule has 0 bridgehead atoms. The normalized spacial score (nSPS) is 20.6. The first-order valence-corrected chi connectivity index (χ1v) is 7.85. The molecule has 0 aliphatic carbocycles. The Hall–Kier alpha value is -2.57. The molecule has 124 valence electrons. The van der Waals surface area contributed by atoms with Gasteiger partial charge in [0.2, 0.25) is 5.91 Å². The van der Waals surface area contributed by atoms with Crippen LogP contribution in [0.15, 0.2) is 54.9 Å². The highest BCUT2D eigenvalue weighted by Crippen LogP contribution is 2.13. The predicted octanol–water partition coefficient (Wildman–Crippen LogP) is 1.54. The van der Waals surface area contributed by atoms with Crippen LogP contribution in [0.25, 0.3) is 0 Å². The number of hydrogen-bond acceptors (Lipinski definition) is 5. The number of Topliss-reactive ketones (excluding diaryl/α,β-unsaturated/α-hetero) is 1. The summed E-state index contributed by atoms with van der Waals surface area (Å²) in [7, 11) is 0. The molecule has 1 aromatic heterocycles. The quantitative estimate of drug-likeness (QED) is 0.871. The van der Waals surface area contributed by atoms with E-state index in [1.54, 1.807) is 24.5 Å². The Morgan fingerprint density at radius 3 is 2.79 bits per heavy atom. The number of nitrogens with zero attached hydrogens (tertiary/aromatic N) is 1. The Bertz CT molecular complexity index is 691. The van der Waals surface area contributed by atoms with Crippen molar-refractivity contribution >= 4 is 17.4 Å². The molecule has 0 saturated carbocycles. The lowest BCUT2D eigenvalue weighted by molar-refractivity contribution is -0.137. The summed E-state index contributed by atoms with van der Waals surface area (Å²) < 4.78 is 5.67. The first-order chi connectivity index (χ1) is 11.7. The van der Waals surface area contributed by atoms with E-state index in [1.807, 2.05) is 30.3 Å². The highest BCUT2D eigenvalue weighted by Gasteiger charge is 2.32. The van der Waals surface area contributed by atoms with Crippen LogP contribution in [-0.4, -0.2) is 35.4 Å². The van der Waals surface area contributed by atoms with Gasteiger partial charge in [-0.15, -0.1) is 0 Å².